The summed E-state index contributed by atoms with van der Waals surface area (Å²) in [4.78, 5) is 13.1. The SMILES string of the molecule is CS(=O)(=O)C1CSCCN1c1cccc(C(N)=O)c1N. The molecule has 110 valence electrons. The number of thioether (sulfide) groups is 1. The van der Waals surface area contributed by atoms with E-state index < -0.39 is 21.1 Å². The molecule has 0 spiro atoms. The fourth-order valence-corrected chi connectivity index (χ4v) is 5.06. The number of nitrogen functional groups attached to an aromatic ring is 1. The van der Waals surface area contributed by atoms with Crippen molar-refractivity contribution in [2.75, 3.05) is 34.9 Å². The molecule has 20 heavy (non-hydrogen) atoms. The first kappa shape index (κ1) is 15.0. The standard InChI is InChI=1S/C12H17N3O3S2/c1-20(17,18)10-7-19-6-5-15(10)9-4-2-3-8(11(9)13)12(14)16/h2-4,10H,5-7,13H2,1H3,(H2,14,16). The topological polar surface area (TPSA) is 106 Å². The Balaban J connectivity index is 2.48. The second-order valence-electron chi connectivity index (χ2n) is 4.66. The number of carbonyl (C=O) groups excluding carboxylic acids is 1. The van der Waals surface area contributed by atoms with E-state index in [4.69, 9.17) is 11.5 Å². The van der Waals surface area contributed by atoms with E-state index in [1.165, 1.54) is 12.3 Å². The van der Waals surface area contributed by atoms with Crippen LogP contribution in [0.4, 0.5) is 11.4 Å². The number of nitrogens with zero attached hydrogens (tertiary/aromatic N) is 1. The Hall–Kier alpha value is -1.41. The second kappa shape index (κ2) is 5.53. The van der Waals surface area contributed by atoms with Gasteiger partial charge in [-0.25, -0.2) is 8.42 Å². The Morgan fingerprint density at radius 1 is 1.45 bits per heavy atom. The summed E-state index contributed by atoms with van der Waals surface area (Å²) < 4.78 is 23.8. The molecule has 0 saturated carbocycles. The first-order valence-corrected chi connectivity index (χ1v) is 9.15. The van der Waals surface area contributed by atoms with Crippen LogP contribution in [0.25, 0.3) is 0 Å². The summed E-state index contributed by atoms with van der Waals surface area (Å²) >= 11 is 1.59. The highest BCUT2D eigenvalue weighted by Gasteiger charge is 2.32. The molecule has 1 heterocycles. The molecule has 1 aromatic rings. The molecule has 0 bridgehead atoms. The van der Waals surface area contributed by atoms with E-state index in [1.54, 1.807) is 28.8 Å². The van der Waals surface area contributed by atoms with Crippen molar-refractivity contribution in [3.63, 3.8) is 0 Å². The highest BCUT2D eigenvalue weighted by atomic mass is 32.2. The Kier molecular flexibility index (Phi) is 4.14. The third-order valence-electron chi connectivity index (χ3n) is 3.24. The molecule has 0 radical (unpaired) electrons. The molecule has 1 aromatic carbocycles. The summed E-state index contributed by atoms with van der Waals surface area (Å²) in [7, 11) is -3.24. The van der Waals surface area contributed by atoms with Crippen molar-refractivity contribution < 1.29 is 13.2 Å². The molecule has 2 rings (SSSR count). The maximum atomic E-state index is 11.9. The number of amides is 1. The normalized spacial score (nSPS) is 19.9. The molecular weight excluding hydrogens is 298 g/mol. The fraction of sp³-hybridized carbons (Fsp3) is 0.417. The monoisotopic (exact) mass is 315 g/mol. The van der Waals surface area contributed by atoms with Gasteiger partial charge in [0.05, 0.1) is 16.9 Å². The van der Waals surface area contributed by atoms with E-state index in [0.29, 0.717) is 18.0 Å². The summed E-state index contributed by atoms with van der Waals surface area (Å²) in [5.41, 5.74) is 12.3. The van der Waals surface area contributed by atoms with E-state index in [-0.39, 0.29) is 11.3 Å². The first-order chi connectivity index (χ1) is 9.32. The van der Waals surface area contributed by atoms with Crippen molar-refractivity contribution in [1.29, 1.82) is 0 Å². The number of hydrogen-bond acceptors (Lipinski definition) is 6. The second-order valence-corrected chi connectivity index (χ2v) is 8.01. The molecule has 1 saturated heterocycles. The lowest BCUT2D eigenvalue weighted by atomic mass is 10.1. The number of anilines is 2. The van der Waals surface area contributed by atoms with E-state index in [1.807, 2.05) is 0 Å². The molecule has 1 aliphatic rings. The van der Waals surface area contributed by atoms with Gasteiger partial charge in [0.25, 0.3) is 5.91 Å². The van der Waals surface area contributed by atoms with Crippen molar-refractivity contribution in [2.24, 2.45) is 5.73 Å². The predicted molar refractivity (Wildman–Crippen MR) is 82.7 cm³/mol. The number of hydrogen-bond donors (Lipinski definition) is 2. The number of benzene rings is 1. The highest BCUT2D eigenvalue weighted by molar-refractivity contribution is 8.01. The number of carbonyl (C=O) groups is 1. The molecule has 0 aliphatic carbocycles. The first-order valence-electron chi connectivity index (χ1n) is 6.04. The lowest BCUT2D eigenvalue weighted by molar-refractivity contribution is 0.100. The van der Waals surface area contributed by atoms with Crippen LogP contribution in [0, 0.1) is 0 Å². The van der Waals surface area contributed by atoms with E-state index in [0.717, 1.165) is 5.75 Å². The molecule has 8 heteroatoms. The molecule has 1 unspecified atom stereocenters. The Morgan fingerprint density at radius 2 is 2.15 bits per heavy atom. The van der Waals surface area contributed by atoms with Gasteiger partial charge in [0.2, 0.25) is 0 Å². The third-order valence-corrected chi connectivity index (χ3v) is 5.88. The molecule has 4 N–H and O–H groups in total. The summed E-state index contributed by atoms with van der Waals surface area (Å²) in [5, 5.41) is -0.633. The van der Waals surface area contributed by atoms with Crippen molar-refractivity contribution in [3.8, 4) is 0 Å². The van der Waals surface area contributed by atoms with Gasteiger partial charge >= 0.3 is 0 Å². The lowest BCUT2D eigenvalue weighted by Crippen LogP contribution is -2.47. The van der Waals surface area contributed by atoms with Crippen LogP contribution in [0.5, 0.6) is 0 Å². The van der Waals surface area contributed by atoms with Crippen LogP contribution in [-0.2, 0) is 9.84 Å². The number of nitrogens with two attached hydrogens (primary N) is 2. The van der Waals surface area contributed by atoms with E-state index >= 15 is 0 Å². The summed E-state index contributed by atoms with van der Waals surface area (Å²) in [6, 6.07) is 4.91. The minimum atomic E-state index is -3.24. The predicted octanol–water partition coefficient (Wildman–Crippen LogP) is 0.292. The van der Waals surface area contributed by atoms with Crippen LogP contribution >= 0.6 is 11.8 Å². The average molecular weight is 315 g/mol. The minimum Gasteiger partial charge on any atom is -0.396 e. The summed E-state index contributed by atoms with van der Waals surface area (Å²) in [6.45, 7) is 0.564. The number of sulfone groups is 1. The molecule has 1 amide bonds. The van der Waals surface area contributed by atoms with Gasteiger partial charge in [-0.05, 0) is 12.1 Å². The van der Waals surface area contributed by atoms with Crippen LogP contribution in [-0.4, -0.2) is 44.0 Å². The van der Waals surface area contributed by atoms with Crippen LogP contribution in [0.1, 0.15) is 10.4 Å². The van der Waals surface area contributed by atoms with Gasteiger partial charge in [0.15, 0.2) is 9.84 Å². The molecule has 1 atom stereocenters. The zero-order valence-corrected chi connectivity index (χ0v) is 12.7. The number of para-hydroxylation sites is 1. The van der Waals surface area contributed by atoms with Crippen molar-refractivity contribution in [1.82, 2.24) is 0 Å². The largest absolute Gasteiger partial charge is 0.396 e. The Bertz CT molecular complexity index is 631. The Labute approximate surface area is 122 Å². The van der Waals surface area contributed by atoms with Crippen LogP contribution in [0.3, 0.4) is 0 Å². The van der Waals surface area contributed by atoms with Crippen molar-refractivity contribution in [3.05, 3.63) is 23.8 Å². The van der Waals surface area contributed by atoms with Gasteiger partial charge in [-0.3, -0.25) is 4.79 Å². The van der Waals surface area contributed by atoms with Crippen LogP contribution in [0.15, 0.2) is 18.2 Å². The molecule has 1 aliphatic heterocycles. The quantitative estimate of drug-likeness (QED) is 0.777. The van der Waals surface area contributed by atoms with E-state index in [9.17, 15) is 13.2 Å². The summed E-state index contributed by atoms with van der Waals surface area (Å²) in [6.07, 6.45) is 1.21. The Morgan fingerprint density at radius 3 is 2.75 bits per heavy atom. The zero-order valence-electron chi connectivity index (χ0n) is 11.1. The average Bonchev–Trinajstić information content (AvgIpc) is 2.37. The molecule has 6 nitrogen and oxygen atoms in total. The summed E-state index contributed by atoms with van der Waals surface area (Å²) in [5.74, 6) is 0.678. The van der Waals surface area contributed by atoms with Gasteiger partial charge in [0.1, 0.15) is 5.37 Å². The van der Waals surface area contributed by atoms with Crippen LogP contribution < -0.4 is 16.4 Å². The third kappa shape index (κ3) is 2.85. The fourth-order valence-electron chi connectivity index (χ4n) is 2.23. The van der Waals surface area contributed by atoms with Crippen molar-refractivity contribution >= 4 is 38.9 Å². The van der Waals surface area contributed by atoms with Crippen molar-refractivity contribution in [2.45, 2.75) is 5.37 Å². The van der Waals surface area contributed by atoms with Crippen LogP contribution in [0.2, 0.25) is 0 Å². The van der Waals surface area contributed by atoms with Gasteiger partial charge in [-0.15, -0.1) is 0 Å². The maximum Gasteiger partial charge on any atom is 0.250 e. The number of primary amides is 1. The van der Waals surface area contributed by atoms with Gasteiger partial charge in [0, 0.05) is 24.3 Å². The number of rotatable bonds is 3. The maximum absolute atomic E-state index is 11.9. The highest BCUT2D eigenvalue weighted by Crippen LogP contribution is 2.32. The smallest absolute Gasteiger partial charge is 0.250 e. The van der Waals surface area contributed by atoms with Gasteiger partial charge in [-0.2, -0.15) is 11.8 Å². The minimum absolute atomic E-state index is 0.216. The molecular formula is C12H17N3O3S2. The molecule has 1 fully saturated rings. The zero-order chi connectivity index (χ0) is 14.9. The lowest BCUT2D eigenvalue weighted by Gasteiger charge is -2.36. The van der Waals surface area contributed by atoms with E-state index in [2.05, 4.69) is 0 Å². The van der Waals surface area contributed by atoms with Gasteiger partial charge in [-0.1, -0.05) is 6.07 Å². The van der Waals surface area contributed by atoms with Gasteiger partial charge < -0.3 is 16.4 Å². The molecule has 0 aromatic heterocycles.